The second kappa shape index (κ2) is 5.17. The van der Waals surface area contributed by atoms with Gasteiger partial charge in [0.1, 0.15) is 17.4 Å². The number of hydrogen-bond donors (Lipinski definition) is 1. The quantitative estimate of drug-likeness (QED) is 0.894. The zero-order valence-electron chi connectivity index (χ0n) is 11.5. The second-order valence-corrected chi connectivity index (χ2v) is 5.30. The number of furan rings is 1. The molecule has 1 aliphatic heterocycles. The molecular formula is C14H20N4O. The van der Waals surface area contributed by atoms with Gasteiger partial charge in [0.25, 0.3) is 0 Å². The van der Waals surface area contributed by atoms with Crippen LogP contribution >= 0.6 is 0 Å². The van der Waals surface area contributed by atoms with Crippen LogP contribution in [0.2, 0.25) is 0 Å². The number of nitrogens with one attached hydrogen (secondary N) is 1. The molecule has 0 aliphatic carbocycles. The van der Waals surface area contributed by atoms with Crippen molar-refractivity contribution in [2.45, 2.75) is 51.7 Å². The lowest BCUT2D eigenvalue weighted by molar-refractivity contribution is 0.414. The normalized spacial score (nSPS) is 17.4. The minimum absolute atomic E-state index is 0.212. The van der Waals surface area contributed by atoms with E-state index in [9.17, 15) is 0 Å². The smallest absolute Gasteiger partial charge is 0.149 e. The summed E-state index contributed by atoms with van der Waals surface area (Å²) in [5.74, 6) is 3.19. The number of aromatic nitrogens is 3. The third kappa shape index (κ3) is 2.56. The van der Waals surface area contributed by atoms with Gasteiger partial charge in [-0.3, -0.25) is 0 Å². The van der Waals surface area contributed by atoms with Crippen LogP contribution in [0.5, 0.6) is 0 Å². The predicted octanol–water partition coefficient (Wildman–Crippen LogP) is 2.10. The molecule has 0 spiro atoms. The molecule has 0 radical (unpaired) electrons. The Balaban J connectivity index is 1.62. The van der Waals surface area contributed by atoms with Gasteiger partial charge in [0.2, 0.25) is 0 Å². The van der Waals surface area contributed by atoms with Gasteiger partial charge in [0.05, 0.1) is 12.3 Å². The number of rotatable bonds is 5. The van der Waals surface area contributed by atoms with Crippen LogP contribution in [-0.2, 0) is 19.4 Å². The Morgan fingerprint density at radius 2 is 2.32 bits per heavy atom. The van der Waals surface area contributed by atoms with Crippen LogP contribution in [0, 0.1) is 0 Å². The number of hydrogen-bond acceptors (Lipinski definition) is 4. The van der Waals surface area contributed by atoms with Crippen molar-refractivity contribution < 1.29 is 4.42 Å². The van der Waals surface area contributed by atoms with Gasteiger partial charge in [-0.05, 0) is 32.4 Å². The highest BCUT2D eigenvalue weighted by atomic mass is 16.3. The average molecular weight is 260 g/mol. The van der Waals surface area contributed by atoms with Crippen LogP contribution in [-0.4, -0.2) is 20.8 Å². The van der Waals surface area contributed by atoms with Gasteiger partial charge in [-0.1, -0.05) is 0 Å². The Morgan fingerprint density at radius 1 is 1.42 bits per heavy atom. The summed E-state index contributed by atoms with van der Waals surface area (Å²) in [6, 6.07) is 4.49. The highest BCUT2D eigenvalue weighted by Crippen LogP contribution is 2.19. The molecule has 0 aromatic carbocycles. The Kier molecular flexibility index (Phi) is 3.38. The van der Waals surface area contributed by atoms with E-state index in [4.69, 9.17) is 4.42 Å². The summed E-state index contributed by atoms with van der Waals surface area (Å²) < 4.78 is 7.62. The molecule has 0 bridgehead atoms. The topological polar surface area (TPSA) is 55.9 Å². The van der Waals surface area contributed by atoms with Crippen LogP contribution in [0.4, 0.5) is 0 Å². The van der Waals surface area contributed by atoms with Gasteiger partial charge in [-0.2, -0.15) is 0 Å². The first-order chi connectivity index (χ1) is 9.24. The first-order valence-corrected chi connectivity index (χ1v) is 6.94. The predicted molar refractivity (Wildman–Crippen MR) is 71.8 cm³/mol. The van der Waals surface area contributed by atoms with E-state index in [1.54, 1.807) is 6.26 Å². The van der Waals surface area contributed by atoms with Crippen molar-refractivity contribution in [2.75, 3.05) is 0 Å². The minimum atomic E-state index is 0.212. The van der Waals surface area contributed by atoms with Gasteiger partial charge in [0, 0.05) is 25.4 Å². The third-order valence-corrected chi connectivity index (χ3v) is 3.65. The van der Waals surface area contributed by atoms with Crippen LogP contribution in [0.15, 0.2) is 22.8 Å². The molecular weight excluding hydrogens is 240 g/mol. The van der Waals surface area contributed by atoms with E-state index >= 15 is 0 Å². The lowest BCUT2D eigenvalue weighted by Gasteiger charge is -2.19. The monoisotopic (exact) mass is 260 g/mol. The largest absolute Gasteiger partial charge is 0.469 e. The molecule has 5 heteroatoms. The van der Waals surface area contributed by atoms with Gasteiger partial charge < -0.3 is 14.3 Å². The maximum Gasteiger partial charge on any atom is 0.149 e. The summed E-state index contributed by atoms with van der Waals surface area (Å²) in [6.45, 7) is 5.37. The van der Waals surface area contributed by atoms with Crippen molar-refractivity contribution in [3.63, 3.8) is 0 Å². The van der Waals surface area contributed by atoms with Gasteiger partial charge >= 0.3 is 0 Å². The lowest BCUT2D eigenvalue weighted by Crippen LogP contribution is -2.32. The van der Waals surface area contributed by atoms with E-state index < -0.39 is 0 Å². The minimum Gasteiger partial charge on any atom is -0.469 e. The standard InChI is InChI=1S/C14H20N4O/c1-10(9-12-5-4-8-19-12)15-11(2)14-17-16-13-6-3-7-18(13)14/h4-5,8,10-11,15H,3,6-7,9H2,1-2H3. The zero-order chi connectivity index (χ0) is 13.2. The molecule has 0 amide bonds. The molecule has 0 saturated heterocycles. The third-order valence-electron chi connectivity index (χ3n) is 3.65. The molecule has 0 saturated carbocycles. The fourth-order valence-corrected chi connectivity index (χ4v) is 2.78. The van der Waals surface area contributed by atoms with Gasteiger partial charge in [-0.15, -0.1) is 10.2 Å². The Labute approximate surface area is 113 Å². The molecule has 2 atom stereocenters. The number of aryl methyl sites for hydroxylation is 1. The first kappa shape index (κ1) is 12.4. The molecule has 0 fully saturated rings. The average Bonchev–Trinajstić information content (AvgIpc) is 3.03. The van der Waals surface area contributed by atoms with Crippen molar-refractivity contribution in [3.05, 3.63) is 35.8 Å². The summed E-state index contributed by atoms with van der Waals surface area (Å²) in [7, 11) is 0. The van der Waals surface area contributed by atoms with E-state index in [0.29, 0.717) is 6.04 Å². The SMILES string of the molecule is CC(Cc1ccco1)NC(C)c1nnc2n1CCC2. The summed E-state index contributed by atoms with van der Waals surface area (Å²) >= 11 is 0. The van der Waals surface area contributed by atoms with E-state index in [-0.39, 0.29) is 6.04 Å². The van der Waals surface area contributed by atoms with E-state index in [0.717, 1.165) is 36.8 Å². The first-order valence-electron chi connectivity index (χ1n) is 6.94. The molecule has 3 rings (SSSR count). The van der Waals surface area contributed by atoms with E-state index in [1.807, 2.05) is 12.1 Å². The summed E-state index contributed by atoms with van der Waals surface area (Å²) in [4.78, 5) is 0. The van der Waals surface area contributed by atoms with E-state index in [2.05, 4.69) is 33.9 Å². The van der Waals surface area contributed by atoms with Crippen LogP contribution < -0.4 is 5.32 Å². The number of fused-ring (bicyclic) bond motifs is 1. The number of nitrogens with zero attached hydrogens (tertiary/aromatic N) is 3. The molecule has 19 heavy (non-hydrogen) atoms. The molecule has 5 nitrogen and oxygen atoms in total. The van der Waals surface area contributed by atoms with Crippen molar-refractivity contribution in [2.24, 2.45) is 0 Å². The van der Waals surface area contributed by atoms with Crippen molar-refractivity contribution in [1.82, 2.24) is 20.1 Å². The van der Waals surface area contributed by atoms with Crippen LogP contribution in [0.3, 0.4) is 0 Å². The molecule has 2 aromatic heterocycles. The summed E-state index contributed by atoms with van der Waals surface area (Å²) in [5, 5.41) is 12.1. The molecule has 102 valence electrons. The maximum absolute atomic E-state index is 5.38. The highest BCUT2D eigenvalue weighted by Gasteiger charge is 2.22. The Hall–Kier alpha value is -1.62. The molecule has 2 aromatic rings. The van der Waals surface area contributed by atoms with E-state index in [1.165, 1.54) is 6.42 Å². The molecule has 1 aliphatic rings. The molecule has 1 N–H and O–H groups in total. The Bertz CT molecular complexity index is 532. The zero-order valence-corrected chi connectivity index (χ0v) is 11.5. The molecule has 2 unspecified atom stereocenters. The summed E-state index contributed by atoms with van der Waals surface area (Å²) in [6.07, 6.45) is 4.85. The van der Waals surface area contributed by atoms with Crippen LogP contribution in [0.1, 0.15) is 43.7 Å². The van der Waals surface area contributed by atoms with Gasteiger partial charge in [0.15, 0.2) is 0 Å². The van der Waals surface area contributed by atoms with Crippen molar-refractivity contribution in [1.29, 1.82) is 0 Å². The Morgan fingerprint density at radius 3 is 3.11 bits per heavy atom. The maximum atomic E-state index is 5.38. The van der Waals surface area contributed by atoms with Crippen molar-refractivity contribution >= 4 is 0 Å². The fourth-order valence-electron chi connectivity index (χ4n) is 2.78. The second-order valence-electron chi connectivity index (χ2n) is 5.30. The molecule has 3 heterocycles. The van der Waals surface area contributed by atoms with Crippen molar-refractivity contribution in [3.8, 4) is 0 Å². The highest BCUT2D eigenvalue weighted by molar-refractivity contribution is 5.05. The van der Waals surface area contributed by atoms with Crippen LogP contribution in [0.25, 0.3) is 0 Å². The summed E-state index contributed by atoms with van der Waals surface area (Å²) in [5.41, 5.74) is 0. The van der Waals surface area contributed by atoms with Gasteiger partial charge in [-0.25, -0.2) is 0 Å². The fraction of sp³-hybridized carbons (Fsp3) is 0.571. The lowest BCUT2D eigenvalue weighted by atomic mass is 10.1.